The largest absolute Gasteiger partial charge is 0.545 e. The molecule has 0 bridgehead atoms. The van der Waals surface area contributed by atoms with Gasteiger partial charge in [-0.2, -0.15) is 0 Å². The zero-order valence-corrected chi connectivity index (χ0v) is 16.0. The van der Waals surface area contributed by atoms with Crippen molar-refractivity contribution in [3.8, 4) is 0 Å². The van der Waals surface area contributed by atoms with Gasteiger partial charge >= 0.3 is 0 Å². The van der Waals surface area contributed by atoms with Gasteiger partial charge in [0.1, 0.15) is 5.69 Å². The number of carboxylic acid groups (broad SMARTS) is 1. The van der Waals surface area contributed by atoms with Crippen LogP contribution in [0.1, 0.15) is 21.6 Å². The SMILES string of the molecule is O=C([O-])c1cc(/C=C/c2ccc(N3CCOCC3)c([N+](=O)[O-])c2)nc2ccccc12. The van der Waals surface area contributed by atoms with Crippen LogP contribution in [0.4, 0.5) is 11.4 Å². The summed E-state index contributed by atoms with van der Waals surface area (Å²) in [5, 5.41) is 23.6. The van der Waals surface area contributed by atoms with Crippen molar-refractivity contribution < 1.29 is 19.6 Å². The first-order valence-corrected chi connectivity index (χ1v) is 9.43. The third kappa shape index (κ3) is 3.99. The molecule has 0 unspecified atom stereocenters. The number of anilines is 1. The van der Waals surface area contributed by atoms with E-state index in [0.29, 0.717) is 54.2 Å². The molecule has 30 heavy (non-hydrogen) atoms. The van der Waals surface area contributed by atoms with Crippen LogP contribution in [-0.2, 0) is 4.74 Å². The van der Waals surface area contributed by atoms with Crippen LogP contribution < -0.4 is 10.0 Å². The minimum absolute atomic E-state index is 0.0148. The Morgan fingerprint density at radius 3 is 2.60 bits per heavy atom. The molecule has 2 aromatic carbocycles. The Bertz CT molecular complexity index is 1150. The van der Waals surface area contributed by atoms with E-state index in [9.17, 15) is 20.0 Å². The Balaban J connectivity index is 1.68. The molecule has 0 N–H and O–H groups in total. The monoisotopic (exact) mass is 404 g/mol. The topological polar surface area (TPSA) is 109 Å². The lowest BCUT2D eigenvalue weighted by molar-refractivity contribution is -0.384. The molecule has 0 atom stereocenters. The van der Waals surface area contributed by atoms with Gasteiger partial charge < -0.3 is 19.5 Å². The number of carbonyl (C=O) groups excluding carboxylic acids is 1. The van der Waals surface area contributed by atoms with Crippen LogP contribution in [-0.4, -0.2) is 42.2 Å². The Hall–Kier alpha value is -3.78. The number of nitro groups is 1. The third-order valence-corrected chi connectivity index (χ3v) is 4.95. The van der Waals surface area contributed by atoms with Crippen molar-refractivity contribution in [2.24, 2.45) is 0 Å². The Morgan fingerprint density at radius 1 is 1.10 bits per heavy atom. The van der Waals surface area contributed by atoms with E-state index in [1.807, 2.05) is 4.90 Å². The zero-order chi connectivity index (χ0) is 21.1. The molecule has 1 aliphatic rings. The fraction of sp³-hybridized carbons (Fsp3) is 0.182. The van der Waals surface area contributed by atoms with Crippen molar-refractivity contribution in [1.29, 1.82) is 0 Å². The molecule has 0 amide bonds. The predicted molar refractivity (Wildman–Crippen MR) is 111 cm³/mol. The molecule has 8 heteroatoms. The molecule has 8 nitrogen and oxygen atoms in total. The molecule has 4 rings (SSSR count). The summed E-state index contributed by atoms with van der Waals surface area (Å²) in [5.74, 6) is -1.28. The molecule has 0 aliphatic carbocycles. The van der Waals surface area contributed by atoms with Crippen molar-refractivity contribution >= 4 is 40.4 Å². The van der Waals surface area contributed by atoms with Gasteiger partial charge in [0.2, 0.25) is 0 Å². The smallest absolute Gasteiger partial charge is 0.293 e. The number of para-hydroxylation sites is 1. The summed E-state index contributed by atoms with van der Waals surface area (Å²) < 4.78 is 5.31. The number of aromatic carboxylic acids is 1. The van der Waals surface area contributed by atoms with Gasteiger partial charge in [0.05, 0.1) is 35.3 Å². The first-order chi connectivity index (χ1) is 14.5. The van der Waals surface area contributed by atoms with Gasteiger partial charge in [0.15, 0.2) is 0 Å². The fourth-order valence-corrected chi connectivity index (χ4v) is 3.49. The Kier molecular flexibility index (Phi) is 5.40. The summed E-state index contributed by atoms with van der Waals surface area (Å²) in [5.41, 5.74) is 2.20. The molecule has 1 aromatic heterocycles. The molecular formula is C22H18N3O5-. The summed E-state index contributed by atoms with van der Waals surface area (Å²) >= 11 is 0. The fourth-order valence-electron chi connectivity index (χ4n) is 3.49. The van der Waals surface area contributed by atoms with Crippen LogP contribution >= 0.6 is 0 Å². The molecule has 152 valence electrons. The normalized spacial score (nSPS) is 14.3. The number of ether oxygens (including phenoxy) is 1. The van der Waals surface area contributed by atoms with Crippen LogP contribution in [0.5, 0.6) is 0 Å². The number of hydrogen-bond donors (Lipinski definition) is 0. The highest BCUT2D eigenvalue weighted by atomic mass is 16.6. The van der Waals surface area contributed by atoms with E-state index in [0.717, 1.165) is 0 Å². The van der Waals surface area contributed by atoms with Gasteiger partial charge in [0, 0.05) is 30.1 Å². The number of rotatable bonds is 5. The molecular weight excluding hydrogens is 386 g/mol. The summed E-state index contributed by atoms with van der Waals surface area (Å²) in [6, 6.07) is 13.4. The number of morpholine rings is 1. The molecule has 0 saturated carbocycles. The Morgan fingerprint density at radius 2 is 1.87 bits per heavy atom. The maximum Gasteiger partial charge on any atom is 0.293 e. The van der Waals surface area contributed by atoms with Crippen molar-refractivity contribution in [3.63, 3.8) is 0 Å². The minimum Gasteiger partial charge on any atom is -0.545 e. The number of carbonyl (C=O) groups is 1. The van der Waals surface area contributed by atoms with Crippen LogP contribution in [0.25, 0.3) is 23.1 Å². The van der Waals surface area contributed by atoms with E-state index in [1.165, 1.54) is 12.1 Å². The number of pyridine rings is 1. The number of aromatic nitrogens is 1. The summed E-state index contributed by atoms with van der Waals surface area (Å²) in [6.07, 6.45) is 3.30. The number of fused-ring (bicyclic) bond motifs is 1. The van der Waals surface area contributed by atoms with E-state index in [-0.39, 0.29) is 11.3 Å². The van der Waals surface area contributed by atoms with Crippen molar-refractivity contribution in [2.75, 3.05) is 31.2 Å². The predicted octanol–water partition coefficient (Wildman–Crippen LogP) is 2.51. The van der Waals surface area contributed by atoms with E-state index in [1.54, 1.807) is 48.6 Å². The highest BCUT2D eigenvalue weighted by Crippen LogP contribution is 2.30. The van der Waals surface area contributed by atoms with Gasteiger partial charge in [0.25, 0.3) is 5.69 Å². The lowest BCUT2D eigenvalue weighted by Crippen LogP contribution is -2.36. The second kappa shape index (κ2) is 8.30. The summed E-state index contributed by atoms with van der Waals surface area (Å²) in [6.45, 7) is 2.27. The van der Waals surface area contributed by atoms with E-state index in [2.05, 4.69) is 4.98 Å². The number of benzene rings is 2. The second-order valence-corrected chi connectivity index (χ2v) is 6.84. The van der Waals surface area contributed by atoms with Crippen LogP contribution in [0.15, 0.2) is 48.5 Å². The van der Waals surface area contributed by atoms with Gasteiger partial charge in [-0.25, -0.2) is 4.98 Å². The average molecular weight is 404 g/mol. The molecule has 3 aromatic rings. The molecule has 1 aliphatic heterocycles. The standard InChI is InChI=1S/C22H19N3O5/c26-22(27)18-14-16(23-19-4-2-1-3-17(18)19)7-5-15-6-8-20(21(13-15)25(28)29)24-9-11-30-12-10-24/h1-8,13-14H,9-12H2,(H,26,27)/p-1/b7-5+. The van der Waals surface area contributed by atoms with Crippen LogP contribution in [0.3, 0.4) is 0 Å². The molecule has 2 heterocycles. The van der Waals surface area contributed by atoms with Crippen molar-refractivity contribution in [2.45, 2.75) is 0 Å². The summed E-state index contributed by atoms with van der Waals surface area (Å²) in [4.78, 5) is 29.1. The summed E-state index contributed by atoms with van der Waals surface area (Å²) in [7, 11) is 0. The second-order valence-electron chi connectivity index (χ2n) is 6.84. The highest BCUT2D eigenvalue weighted by molar-refractivity contribution is 6.02. The van der Waals surface area contributed by atoms with Gasteiger partial charge in [-0.1, -0.05) is 30.3 Å². The number of nitro benzene ring substituents is 1. The molecule has 0 radical (unpaired) electrons. The first kappa shape index (κ1) is 19.5. The van der Waals surface area contributed by atoms with Gasteiger partial charge in [-0.3, -0.25) is 10.1 Å². The number of carboxylic acids is 1. The number of nitrogens with zero attached hydrogens (tertiary/aromatic N) is 3. The maximum absolute atomic E-state index is 11.6. The molecule has 1 fully saturated rings. The van der Waals surface area contributed by atoms with Crippen molar-refractivity contribution in [1.82, 2.24) is 4.98 Å². The van der Waals surface area contributed by atoms with Crippen molar-refractivity contribution in [3.05, 3.63) is 75.5 Å². The van der Waals surface area contributed by atoms with Gasteiger partial charge in [-0.15, -0.1) is 0 Å². The van der Waals surface area contributed by atoms with Crippen LogP contribution in [0.2, 0.25) is 0 Å². The zero-order valence-electron chi connectivity index (χ0n) is 16.0. The number of hydrogen-bond acceptors (Lipinski definition) is 7. The minimum atomic E-state index is -1.28. The maximum atomic E-state index is 11.6. The lowest BCUT2D eigenvalue weighted by atomic mass is 10.1. The van der Waals surface area contributed by atoms with E-state index in [4.69, 9.17) is 4.74 Å². The lowest BCUT2D eigenvalue weighted by Gasteiger charge is -2.28. The third-order valence-electron chi connectivity index (χ3n) is 4.95. The van der Waals surface area contributed by atoms with Gasteiger partial charge in [-0.05, 0) is 29.8 Å². The molecule has 0 spiro atoms. The average Bonchev–Trinajstić information content (AvgIpc) is 2.77. The first-order valence-electron chi connectivity index (χ1n) is 9.43. The van der Waals surface area contributed by atoms with E-state index < -0.39 is 10.9 Å². The quantitative estimate of drug-likeness (QED) is 0.475. The Labute approximate surface area is 172 Å². The molecule has 1 saturated heterocycles. The highest BCUT2D eigenvalue weighted by Gasteiger charge is 2.21. The van der Waals surface area contributed by atoms with E-state index >= 15 is 0 Å². The van der Waals surface area contributed by atoms with Crippen LogP contribution in [0, 0.1) is 10.1 Å².